The SMILES string of the molecule is CSc1ccc([C@H]2CC(=O)N3CN(c4ccc(C)c(Cl)c4)CSC3=C2C#N)cc1. The third-order valence-electron chi connectivity index (χ3n) is 5.33. The minimum absolute atomic E-state index is 0.0494. The van der Waals surface area contributed by atoms with Crippen LogP contribution < -0.4 is 4.90 Å². The number of hydrogen-bond acceptors (Lipinski definition) is 5. The number of allylic oxidation sites excluding steroid dienone is 1. The third kappa shape index (κ3) is 3.87. The molecule has 2 heterocycles. The van der Waals surface area contributed by atoms with E-state index in [4.69, 9.17) is 11.6 Å². The quantitative estimate of drug-likeness (QED) is 0.581. The first-order chi connectivity index (χ1) is 14.0. The van der Waals surface area contributed by atoms with Crippen molar-refractivity contribution < 1.29 is 4.79 Å². The number of halogens is 1. The van der Waals surface area contributed by atoms with Crippen LogP contribution in [0, 0.1) is 18.3 Å². The first-order valence-electron chi connectivity index (χ1n) is 9.24. The maximum atomic E-state index is 13.0. The first-order valence-corrected chi connectivity index (χ1v) is 11.8. The highest BCUT2D eigenvalue weighted by Crippen LogP contribution is 2.43. The van der Waals surface area contributed by atoms with Crippen molar-refractivity contribution in [3.05, 3.63) is 69.2 Å². The molecule has 0 bridgehead atoms. The van der Waals surface area contributed by atoms with Crippen LogP contribution in [0.15, 0.2) is 58.0 Å². The normalized spacial score (nSPS) is 19.2. The fraction of sp³-hybridized carbons (Fsp3) is 0.273. The molecular weight excluding hydrogens is 422 g/mol. The summed E-state index contributed by atoms with van der Waals surface area (Å²) >= 11 is 9.51. The number of carbonyl (C=O) groups is 1. The molecule has 1 atom stereocenters. The molecule has 4 rings (SSSR count). The van der Waals surface area contributed by atoms with Gasteiger partial charge in [-0.25, -0.2) is 0 Å². The van der Waals surface area contributed by atoms with Gasteiger partial charge >= 0.3 is 0 Å². The molecular formula is C22H20ClN3OS2. The largest absolute Gasteiger partial charge is 0.344 e. The zero-order valence-electron chi connectivity index (χ0n) is 16.2. The molecule has 0 N–H and O–H groups in total. The van der Waals surface area contributed by atoms with Crippen LogP contribution in [0.4, 0.5) is 5.69 Å². The van der Waals surface area contributed by atoms with Crippen molar-refractivity contribution >= 4 is 46.7 Å². The summed E-state index contributed by atoms with van der Waals surface area (Å²) in [5.41, 5.74) is 3.71. The molecule has 0 aliphatic carbocycles. The fourth-order valence-corrected chi connectivity index (χ4v) is 5.38. The lowest BCUT2D eigenvalue weighted by Crippen LogP contribution is -2.47. The van der Waals surface area contributed by atoms with Crippen molar-refractivity contribution in [1.29, 1.82) is 5.26 Å². The Morgan fingerprint density at radius 1 is 1.24 bits per heavy atom. The van der Waals surface area contributed by atoms with Crippen LogP contribution in [0.2, 0.25) is 5.02 Å². The number of nitriles is 1. The molecule has 0 spiro atoms. The Bertz CT molecular complexity index is 1030. The van der Waals surface area contributed by atoms with Crippen LogP contribution in [-0.4, -0.2) is 29.6 Å². The lowest BCUT2D eigenvalue weighted by molar-refractivity contribution is -0.129. The van der Waals surface area contributed by atoms with E-state index in [1.807, 2.05) is 55.6 Å². The monoisotopic (exact) mass is 441 g/mol. The van der Waals surface area contributed by atoms with Gasteiger partial charge in [0.2, 0.25) is 5.91 Å². The summed E-state index contributed by atoms with van der Waals surface area (Å²) in [4.78, 5) is 18.0. The third-order valence-corrected chi connectivity index (χ3v) is 7.64. The van der Waals surface area contributed by atoms with Crippen molar-refractivity contribution in [2.24, 2.45) is 0 Å². The zero-order valence-corrected chi connectivity index (χ0v) is 18.6. The van der Waals surface area contributed by atoms with Gasteiger partial charge in [0.25, 0.3) is 0 Å². The minimum Gasteiger partial charge on any atom is -0.344 e. The molecule has 0 saturated carbocycles. The molecule has 0 unspecified atom stereocenters. The van der Waals surface area contributed by atoms with Gasteiger partial charge in [-0.15, -0.1) is 11.8 Å². The van der Waals surface area contributed by atoms with Crippen LogP contribution in [0.3, 0.4) is 0 Å². The standard InChI is InChI=1S/C22H20ClN3OS2/c1-14-3-6-16(9-20(14)23)25-12-26-21(27)10-18(19(11-24)22(26)29-13-25)15-4-7-17(28-2)8-5-15/h3-9,18H,10,12-13H2,1-2H3/t18-/m1/s1. The molecule has 0 aromatic heterocycles. The summed E-state index contributed by atoms with van der Waals surface area (Å²) in [6.45, 7) is 2.40. The highest BCUT2D eigenvalue weighted by molar-refractivity contribution is 8.03. The molecule has 7 heteroatoms. The molecule has 1 fully saturated rings. The van der Waals surface area contributed by atoms with Crippen molar-refractivity contribution in [1.82, 2.24) is 4.90 Å². The topological polar surface area (TPSA) is 47.3 Å². The molecule has 2 aromatic rings. The molecule has 148 valence electrons. The predicted molar refractivity (Wildman–Crippen MR) is 121 cm³/mol. The van der Waals surface area contributed by atoms with Gasteiger partial charge in [-0.2, -0.15) is 5.26 Å². The molecule has 1 amide bonds. The molecule has 0 radical (unpaired) electrons. The maximum absolute atomic E-state index is 13.0. The summed E-state index contributed by atoms with van der Waals surface area (Å²) in [5, 5.41) is 11.4. The fourth-order valence-electron chi connectivity index (χ4n) is 3.63. The Hall–Kier alpha value is -2.07. The average molecular weight is 442 g/mol. The number of nitrogens with zero attached hydrogens (tertiary/aromatic N) is 3. The Morgan fingerprint density at radius 2 is 2.00 bits per heavy atom. The second-order valence-corrected chi connectivity index (χ2v) is 9.29. The van der Waals surface area contributed by atoms with Gasteiger partial charge in [-0.05, 0) is 48.6 Å². The van der Waals surface area contributed by atoms with Gasteiger partial charge in [0.1, 0.15) is 0 Å². The van der Waals surface area contributed by atoms with Crippen LogP contribution in [0.1, 0.15) is 23.5 Å². The van der Waals surface area contributed by atoms with E-state index in [2.05, 4.69) is 11.0 Å². The number of aryl methyl sites for hydroxylation is 1. The molecule has 1 saturated heterocycles. The van der Waals surface area contributed by atoms with Gasteiger partial charge in [-0.1, -0.05) is 41.6 Å². The minimum atomic E-state index is -0.178. The van der Waals surface area contributed by atoms with E-state index in [0.717, 1.165) is 21.8 Å². The van der Waals surface area contributed by atoms with Crippen LogP contribution in [0.5, 0.6) is 0 Å². The summed E-state index contributed by atoms with van der Waals surface area (Å²) in [5.74, 6) is 0.540. The van der Waals surface area contributed by atoms with E-state index in [0.29, 0.717) is 29.6 Å². The van der Waals surface area contributed by atoms with E-state index in [9.17, 15) is 10.1 Å². The number of anilines is 1. The number of benzene rings is 2. The van der Waals surface area contributed by atoms with E-state index in [-0.39, 0.29) is 11.8 Å². The predicted octanol–water partition coefficient (Wildman–Crippen LogP) is 5.59. The lowest BCUT2D eigenvalue weighted by Gasteiger charge is -2.42. The van der Waals surface area contributed by atoms with Gasteiger partial charge in [0, 0.05) is 27.9 Å². The molecule has 2 aromatic carbocycles. The molecule has 29 heavy (non-hydrogen) atoms. The first kappa shape index (κ1) is 20.2. The van der Waals surface area contributed by atoms with Crippen LogP contribution in [-0.2, 0) is 4.79 Å². The Labute approximate surface area is 184 Å². The van der Waals surface area contributed by atoms with E-state index in [1.54, 1.807) is 28.4 Å². The van der Waals surface area contributed by atoms with E-state index < -0.39 is 0 Å². The van der Waals surface area contributed by atoms with Gasteiger partial charge < -0.3 is 4.90 Å². The number of rotatable bonds is 3. The molecule has 2 aliphatic heterocycles. The number of carbonyl (C=O) groups excluding carboxylic acids is 1. The summed E-state index contributed by atoms with van der Waals surface area (Å²) in [7, 11) is 0. The van der Waals surface area contributed by atoms with E-state index in [1.165, 1.54) is 4.90 Å². The number of hydrogen-bond donors (Lipinski definition) is 0. The number of amides is 1. The highest BCUT2D eigenvalue weighted by atomic mass is 35.5. The highest BCUT2D eigenvalue weighted by Gasteiger charge is 2.38. The van der Waals surface area contributed by atoms with Gasteiger partial charge in [0.15, 0.2) is 0 Å². The summed E-state index contributed by atoms with van der Waals surface area (Å²) in [6, 6.07) is 16.5. The Kier molecular flexibility index (Phi) is 5.82. The van der Waals surface area contributed by atoms with Gasteiger partial charge in [-0.3, -0.25) is 9.69 Å². The Balaban J connectivity index is 1.64. The van der Waals surface area contributed by atoms with Crippen LogP contribution >= 0.6 is 35.1 Å². The van der Waals surface area contributed by atoms with Crippen LogP contribution in [0.25, 0.3) is 0 Å². The zero-order chi connectivity index (χ0) is 20.5. The van der Waals surface area contributed by atoms with Crippen molar-refractivity contribution in [3.63, 3.8) is 0 Å². The van der Waals surface area contributed by atoms with Crippen molar-refractivity contribution in [3.8, 4) is 6.07 Å². The lowest BCUT2D eigenvalue weighted by atomic mass is 9.86. The second-order valence-electron chi connectivity index (χ2n) is 7.07. The average Bonchev–Trinajstić information content (AvgIpc) is 2.75. The van der Waals surface area contributed by atoms with Crippen molar-refractivity contribution in [2.45, 2.75) is 24.2 Å². The molecule has 2 aliphatic rings. The molecule has 4 nitrogen and oxygen atoms in total. The summed E-state index contributed by atoms with van der Waals surface area (Å²) < 4.78 is 0. The summed E-state index contributed by atoms with van der Waals surface area (Å²) in [6.07, 6.45) is 2.35. The maximum Gasteiger partial charge on any atom is 0.229 e. The Morgan fingerprint density at radius 3 is 2.66 bits per heavy atom. The second kappa shape index (κ2) is 8.35. The van der Waals surface area contributed by atoms with Gasteiger partial charge in [0.05, 0.1) is 29.2 Å². The number of fused-ring (bicyclic) bond motifs is 1. The van der Waals surface area contributed by atoms with Crippen molar-refractivity contribution in [2.75, 3.05) is 23.7 Å². The smallest absolute Gasteiger partial charge is 0.229 e. The number of thioether (sulfide) groups is 2. The van der Waals surface area contributed by atoms with E-state index >= 15 is 0 Å².